The normalized spacial score (nSPS) is 11.7. The molecule has 0 aliphatic heterocycles. The van der Waals surface area contributed by atoms with Gasteiger partial charge in [0.15, 0.2) is 4.80 Å². The van der Waals surface area contributed by atoms with Crippen LogP contribution in [0.15, 0.2) is 63.4 Å². The fourth-order valence-electron chi connectivity index (χ4n) is 2.36. The van der Waals surface area contributed by atoms with Crippen LogP contribution in [0.5, 0.6) is 5.75 Å². The molecule has 0 N–H and O–H groups in total. The molecule has 23 heavy (non-hydrogen) atoms. The zero-order chi connectivity index (χ0) is 16.2. The first-order valence-electron chi connectivity index (χ1n) is 7.34. The molecule has 0 saturated heterocycles. The highest BCUT2D eigenvalue weighted by molar-refractivity contribution is 9.10. The largest absolute Gasteiger partial charge is 0.497 e. The third-order valence-electron chi connectivity index (χ3n) is 3.47. The van der Waals surface area contributed by atoms with Gasteiger partial charge in [0.1, 0.15) is 5.75 Å². The Morgan fingerprint density at radius 1 is 1.09 bits per heavy atom. The van der Waals surface area contributed by atoms with Crippen LogP contribution in [0.1, 0.15) is 6.92 Å². The Labute approximate surface area is 148 Å². The van der Waals surface area contributed by atoms with Crippen molar-refractivity contribution < 1.29 is 4.74 Å². The molecule has 118 valence electrons. The minimum absolute atomic E-state index is 0.763. The number of hydrogen-bond donors (Lipinski definition) is 0. The van der Waals surface area contributed by atoms with Gasteiger partial charge in [0.25, 0.3) is 0 Å². The van der Waals surface area contributed by atoms with Crippen LogP contribution in [0.2, 0.25) is 0 Å². The summed E-state index contributed by atoms with van der Waals surface area (Å²) in [5, 5.41) is 2.15. The van der Waals surface area contributed by atoms with Gasteiger partial charge in [-0.1, -0.05) is 15.9 Å². The first-order chi connectivity index (χ1) is 11.2. The van der Waals surface area contributed by atoms with Gasteiger partial charge in [0, 0.05) is 22.1 Å². The van der Waals surface area contributed by atoms with Crippen LogP contribution in [-0.4, -0.2) is 18.2 Å². The summed E-state index contributed by atoms with van der Waals surface area (Å²) in [6.45, 7) is 2.82. The second kappa shape index (κ2) is 7.15. The van der Waals surface area contributed by atoms with Gasteiger partial charge in [-0.15, -0.1) is 11.3 Å². The lowest BCUT2D eigenvalue weighted by molar-refractivity contribution is 0.415. The zero-order valence-electron chi connectivity index (χ0n) is 13.0. The van der Waals surface area contributed by atoms with Gasteiger partial charge in [-0.25, -0.2) is 0 Å². The van der Waals surface area contributed by atoms with E-state index in [1.54, 1.807) is 18.4 Å². The number of aromatic nitrogens is 1. The molecule has 0 unspecified atom stereocenters. The van der Waals surface area contributed by atoms with Crippen LogP contribution in [-0.2, 0) is 0 Å². The van der Waals surface area contributed by atoms with Crippen molar-refractivity contribution in [3.63, 3.8) is 0 Å². The van der Waals surface area contributed by atoms with Gasteiger partial charge < -0.3 is 4.74 Å². The third-order valence-corrected chi connectivity index (χ3v) is 4.86. The molecule has 0 saturated carbocycles. The van der Waals surface area contributed by atoms with E-state index in [4.69, 9.17) is 4.74 Å². The van der Waals surface area contributed by atoms with Crippen LogP contribution < -0.4 is 9.54 Å². The molecule has 0 atom stereocenters. The van der Waals surface area contributed by atoms with E-state index in [0.29, 0.717) is 0 Å². The van der Waals surface area contributed by atoms with Gasteiger partial charge in [0.05, 0.1) is 12.8 Å². The summed E-state index contributed by atoms with van der Waals surface area (Å²) in [6, 6.07) is 16.4. The van der Waals surface area contributed by atoms with E-state index >= 15 is 0 Å². The standard InChI is InChI=1S/C18H17BrN2OS/c1-3-20-18-21(15-8-6-14(19)7-9-15)17(12-23-18)13-4-10-16(22-2)11-5-13/h4-12H,3H2,1-2H3. The second-order valence-corrected chi connectivity index (χ2v) is 6.67. The fourth-order valence-corrected chi connectivity index (χ4v) is 3.59. The number of hydrogen-bond acceptors (Lipinski definition) is 3. The Bertz CT molecular complexity index is 848. The smallest absolute Gasteiger partial charge is 0.189 e. The van der Waals surface area contributed by atoms with Crippen LogP contribution in [0.25, 0.3) is 16.9 Å². The van der Waals surface area contributed by atoms with Crippen LogP contribution >= 0.6 is 27.3 Å². The highest BCUT2D eigenvalue weighted by Crippen LogP contribution is 2.26. The Morgan fingerprint density at radius 3 is 2.39 bits per heavy atom. The van der Waals surface area contributed by atoms with Crippen molar-refractivity contribution in [2.24, 2.45) is 4.99 Å². The number of thiazole rings is 1. The Balaban J connectivity index is 2.17. The molecule has 3 aromatic rings. The maximum Gasteiger partial charge on any atom is 0.189 e. The van der Waals surface area contributed by atoms with Gasteiger partial charge in [-0.3, -0.25) is 9.56 Å². The number of benzene rings is 2. The molecule has 0 amide bonds. The predicted molar refractivity (Wildman–Crippen MR) is 99.4 cm³/mol. The number of halogens is 1. The number of ether oxygens (including phenoxy) is 1. The molecule has 2 aromatic carbocycles. The lowest BCUT2D eigenvalue weighted by atomic mass is 10.1. The Kier molecular flexibility index (Phi) is 4.98. The molecule has 0 spiro atoms. The average molecular weight is 389 g/mol. The lowest BCUT2D eigenvalue weighted by Gasteiger charge is -2.10. The Morgan fingerprint density at radius 2 is 1.78 bits per heavy atom. The predicted octanol–water partition coefficient (Wildman–Crippen LogP) is 4.90. The molecule has 1 aromatic heterocycles. The molecule has 3 rings (SSSR count). The molecule has 0 fully saturated rings. The number of nitrogens with zero attached hydrogens (tertiary/aromatic N) is 2. The minimum Gasteiger partial charge on any atom is -0.497 e. The van der Waals surface area contributed by atoms with Crippen molar-refractivity contribution in [1.29, 1.82) is 0 Å². The summed E-state index contributed by atoms with van der Waals surface area (Å²) in [4.78, 5) is 5.63. The monoisotopic (exact) mass is 388 g/mol. The summed E-state index contributed by atoms with van der Waals surface area (Å²) in [7, 11) is 1.68. The molecular weight excluding hydrogens is 372 g/mol. The van der Waals surface area contributed by atoms with E-state index in [2.05, 4.69) is 62.1 Å². The maximum absolute atomic E-state index is 5.25. The first-order valence-corrected chi connectivity index (χ1v) is 9.01. The minimum atomic E-state index is 0.763. The summed E-state index contributed by atoms with van der Waals surface area (Å²) in [5.74, 6) is 0.859. The average Bonchev–Trinajstić information content (AvgIpc) is 3.00. The third kappa shape index (κ3) is 3.41. The van der Waals surface area contributed by atoms with E-state index in [0.717, 1.165) is 38.5 Å². The van der Waals surface area contributed by atoms with Crippen molar-refractivity contribution in [2.45, 2.75) is 6.92 Å². The summed E-state index contributed by atoms with van der Waals surface area (Å²) >= 11 is 5.15. The molecule has 0 aliphatic carbocycles. The SMILES string of the molecule is CCN=c1scc(-c2ccc(OC)cc2)n1-c1ccc(Br)cc1. The van der Waals surface area contributed by atoms with Gasteiger partial charge in [0.2, 0.25) is 0 Å². The molecule has 1 heterocycles. The van der Waals surface area contributed by atoms with E-state index in [9.17, 15) is 0 Å². The topological polar surface area (TPSA) is 26.5 Å². The van der Waals surface area contributed by atoms with Gasteiger partial charge >= 0.3 is 0 Å². The number of methoxy groups -OCH3 is 1. The van der Waals surface area contributed by atoms with Crippen molar-refractivity contribution in [3.05, 3.63) is 63.2 Å². The van der Waals surface area contributed by atoms with Crippen molar-refractivity contribution in [2.75, 3.05) is 13.7 Å². The van der Waals surface area contributed by atoms with Gasteiger partial charge in [-0.05, 0) is 61.0 Å². The highest BCUT2D eigenvalue weighted by Gasteiger charge is 2.10. The summed E-state index contributed by atoms with van der Waals surface area (Å²) in [6.07, 6.45) is 0. The molecule has 0 radical (unpaired) electrons. The van der Waals surface area contributed by atoms with E-state index in [1.165, 1.54) is 0 Å². The van der Waals surface area contributed by atoms with E-state index in [1.807, 2.05) is 24.3 Å². The molecule has 3 nitrogen and oxygen atoms in total. The fraction of sp³-hybridized carbons (Fsp3) is 0.167. The van der Waals surface area contributed by atoms with Crippen molar-refractivity contribution >= 4 is 27.3 Å². The van der Waals surface area contributed by atoms with Crippen molar-refractivity contribution in [1.82, 2.24) is 4.57 Å². The van der Waals surface area contributed by atoms with Crippen molar-refractivity contribution in [3.8, 4) is 22.7 Å². The lowest BCUT2D eigenvalue weighted by Crippen LogP contribution is -2.14. The van der Waals surface area contributed by atoms with Crippen LogP contribution in [0.3, 0.4) is 0 Å². The first kappa shape index (κ1) is 16.0. The summed E-state index contributed by atoms with van der Waals surface area (Å²) < 4.78 is 8.51. The number of rotatable bonds is 4. The quantitative estimate of drug-likeness (QED) is 0.624. The molecule has 0 aliphatic rings. The van der Waals surface area contributed by atoms with E-state index in [-0.39, 0.29) is 0 Å². The Hall–Kier alpha value is -1.85. The molecular formula is C18H17BrN2OS. The highest BCUT2D eigenvalue weighted by atomic mass is 79.9. The van der Waals surface area contributed by atoms with Gasteiger partial charge in [-0.2, -0.15) is 0 Å². The van der Waals surface area contributed by atoms with Crippen LogP contribution in [0.4, 0.5) is 0 Å². The summed E-state index contributed by atoms with van der Waals surface area (Å²) in [5.41, 5.74) is 3.38. The second-order valence-electron chi connectivity index (χ2n) is 4.92. The zero-order valence-corrected chi connectivity index (χ0v) is 15.4. The van der Waals surface area contributed by atoms with Crippen LogP contribution in [0, 0.1) is 0 Å². The van der Waals surface area contributed by atoms with E-state index < -0.39 is 0 Å². The molecule has 5 heteroatoms. The molecule has 0 bridgehead atoms. The maximum atomic E-state index is 5.25.